The van der Waals surface area contributed by atoms with E-state index < -0.39 is 0 Å². The number of benzene rings is 4. The summed E-state index contributed by atoms with van der Waals surface area (Å²) >= 11 is 1.33. The highest BCUT2D eigenvalue weighted by molar-refractivity contribution is 7.99. The minimum Gasteiger partial charge on any atom is -0.493 e. The Morgan fingerprint density at radius 1 is 0.795 bits per heavy atom. The van der Waals surface area contributed by atoms with E-state index in [0.717, 1.165) is 33.2 Å². The fraction of sp³-hybridized carbons (Fsp3) is 0.176. The molecule has 0 atom stereocenters. The number of carbonyl (C=O) groups is 2. The number of fused-ring (bicyclic) bond motifs is 5. The fourth-order valence-corrected chi connectivity index (χ4v) is 5.89. The number of nitrogens with zero attached hydrogens (tertiary/aromatic N) is 3. The van der Waals surface area contributed by atoms with Crippen LogP contribution < -0.4 is 20.1 Å². The van der Waals surface area contributed by atoms with Crippen LogP contribution in [0.4, 0.5) is 0 Å². The van der Waals surface area contributed by atoms with E-state index in [-0.39, 0.29) is 17.6 Å². The first-order chi connectivity index (χ1) is 21.5. The number of hydrogen-bond donors (Lipinski definition) is 2. The summed E-state index contributed by atoms with van der Waals surface area (Å²) in [7, 11) is 3.20. The zero-order valence-electron chi connectivity index (χ0n) is 24.4. The summed E-state index contributed by atoms with van der Waals surface area (Å²) < 4.78 is 12.7. The minimum atomic E-state index is -0.186. The quantitative estimate of drug-likeness (QED) is 0.150. The highest BCUT2D eigenvalue weighted by Gasteiger charge is 2.17. The first-order valence-electron chi connectivity index (χ1n) is 14.2. The van der Waals surface area contributed by atoms with Gasteiger partial charge < -0.3 is 20.1 Å². The van der Waals surface area contributed by atoms with Crippen LogP contribution in [0.3, 0.4) is 0 Å². The number of amides is 2. The molecule has 0 spiro atoms. The number of imidazole rings is 1. The molecule has 2 amide bonds. The van der Waals surface area contributed by atoms with E-state index in [1.165, 1.54) is 11.8 Å². The van der Waals surface area contributed by atoms with Crippen molar-refractivity contribution in [3.8, 4) is 11.5 Å². The second-order valence-electron chi connectivity index (χ2n) is 10.1. The van der Waals surface area contributed by atoms with Crippen molar-refractivity contribution in [1.82, 2.24) is 25.0 Å². The van der Waals surface area contributed by atoms with Crippen LogP contribution in [0, 0.1) is 0 Å². The third-order valence-corrected chi connectivity index (χ3v) is 8.22. The van der Waals surface area contributed by atoms with E-state index in [1.807, 2.05) is 83.3 Å². The van der Waals surface area contributed by atoms with Gasteiger partial charge in [-0.1, -0.05) is 60.3 Å². The molecule has 0 unspecified atom stereocenters. The van der Waals surface area contributed by atoms with E-state index in [9.17, 15) is 9.59 Å². The molecule has 4 aromatic carbocycles. The molecular weight excluding hydrogens is 574 g/mol. The molecule has 0 aliphatic carbocycles. The Kier molecular flexibility index (Phi) is 8.60. The molecule has 9 nitrogen and oxygen atoms in total. The number of ether oxygens (including phenoxy) is 2. The van der Waals surface area contributed by atoms with Gasteiger partial charge in [-0.15, -0.1) is 0 Å². The Morgan fingerprint density at radius 3 is 2.41 bits per heavy atom. The topological polar surface area (TPSA) is 107 Å². The van der Waals surface area contributed by atoms with E-state index in [4.69, 9.17) is 19.4 Å². The molecule has 2 aromatic heterocycles. The molecule has 0 bridgehead atoms. The van der Waals surface area contributed by atoms with Gasteiger partial charge in [-0.2, -0.15) is 0 Å². The highest BCUT2D eigenvalue weighted by Crippen LogP contribution is 2.30. The highest BCUT2D eigenvalue weighted by atomic mass is 32.2. The average Bonchev–Trinajstić information content (AvgIpc) is 3.46. The van der Waals surface area contributed by atoms with Crippen LogP contribution in [0.15, 0.2) is 96.2 Å². The van der Waals surface area contributed by atoms with Crippen LogP contribution in [-0.4, -0.2) is 52.7 Å². The van der Waals surface area contributed by atoms with Gasteiger partial charge in [0, 0.05) is 24.0 Å². The van der Waals surface area contributed by atoms with Gasteiger partial charge in [0.2, 0.25) is 5.91 Å². The largest absolute Gasteiger partial charge is 0.493 e. The number of thioether (sulfide) groups is 1. The third-order valence-electron chi connectivity index (χ3n) is 7.28. The molecule has 0 saturated heterocycles. The van der Waals surface area contributed by atoms with Crippen LogP contribution >= 0.6 is 11.8 Å². The van der Waals surface area contributed by atoms with Crippen molar-refractivity contribution >= 4 is 51.2 Å². The van der Waals surface area contributed by atoms with Gasteiger partial charge in [0.1, 0.15) is 5.65 Å². The predicted octanol–water partition coefficient (Wildman–Crippen LogP) is 5.43. The van der Waals surface area contributed by atoms with Crippen molar-refractivity contribution < 1.29 is 19.1 Å². The average molecular weight is 606 g/mol. The Morgan fingerprint density at radius 2 is 1.59 bits per heavy atom. The van der Waals surface area contributed by atoms with Gasteiger partial charge in [0.15, 0.2) is 16.7 Å². The molecule has 0 saturated carbocycles. The molecule has 0 aliphatic heterocycles. The van der Waals surface area contributed by atoms with Gasteiger partial charge in [-0.25, -0.2) is 9.97 Å². The second kappa shape index (κ2) is 13.0. The smallest absolute Gasteiger partial charge is 0.251 e. The standard InChI is InChI=1S/C34H31N5O4S/c1-42-29-15-12-22(18-30(29)43-2)16-17-35-31(40)21-44-34-38-27-19-24(33(41)36-20-23-8-4-3-5-9-23)13-14-25(27)32-37-26-10-6-7-11-28(26)39(32)34/h3-15,18-19H,16-17,20-21H2,1-2H3,(H,35,40)(H,36,41). The van der Waals surface area contributed by atoms with Crippen LogP contribution in [-0.2, 0) is 17.8 Å². The van der Waals surface area contributed by atoms with Crippen LogP contribution in [0.5, 0.6) is 11.5 Å². The van der Waals surface area contributed by atoms with E-state index in [0.29, 0.717) is 47.2 Å². The predicted molar refractivity (Wildman–Crippen MR) is 173 cm³/mol. The molecule has 2 heterocycles. The molecule has 2 N–H and O–H groups in total. The lowest BCUT2D eigenvalue weighted by Crippen LogP contribution is -2.27. The number of nitrogens with one attached hydrogen (secondary N) is 2. The van der Waals surface area contributed by atoms with Crippen LogP contribution in [0.2, 0.25) is 0 Å². The van der Waals surface area contributed by atoms with Crippen molar-refractivity contribution in [3.05, 3.63) is 108 Å². The number of para-hydroxylation sites is 2. The lowest BCUT2D eigenvalue weighted by Gasteiger charge is -2.11. The summed E-state index contributed by atoms with van der Waals surface area (Å²) in [6, 6.07) is 28.8. The molecule has 44 heavy (non-hydrogen) atoms. The van der Waals surface area contributed by atoms with Crippen molar-refractivity contribution in [3.63, 3.8) is 0 Å². The molecule has 0 aliphatic rings. The molecule has 6 aromatic rings. The number of methoxy groups -OCH3 is 2. The summed E-state index contributed by atoms with van der Waals surface area (Å²) in [6.07, 6.45) is 0.649. The number of carbonyl (C=O) groups excluding carboxylic acids is 2. The summed E-state index contributed by atoms with van der Waals surface area (Å²) in [4.78, 5) is 35.7. The Balaban J connectivity index is 1.20. The summed E-state index contributed by atoms with van der Waals surface area (Å²) in [6.45, 7) is 0.906. The maximum absolute atomic E-state index is 13.0. The van der Waals surface area contributed by atoms with Crippen LogP contribution in [0.25, 0.3) is 27.6 Å². The number of hydrogen-bond acceptors (Lipinski definition) is 7. The van der Waals surface area contributed by atoms with E-state index in [1.54, 1.807) is 26.4 Å². The van der Waals surface area contributed by atoms with E-state index >= 15 is 0 Å². The van der Waals surface area contributed by atoms with Gasteiger partial charge in [0.25, 0.3) is 5.91 Å². The van der Waals surface area contributed by atoms with Gasteiger partial charge in [0.05, 0.1) is 36.5 Å². The van der Waals surface area contributed by atoms with E-state index in [2.05, 4.69) is 10.6 Å². The molecule has 0 radical (unpaired) electrons. The van der Waals surface area contributed by atoms with Crippen molar-refractivity contribution in [2.24, 2.45) is 0 Å². The summed E-state index contributed by atoms with van der Waals surface area (Å²) in [5.41, 5.74) is 5.64. The zero-order chi connectivity index (χ0) is 30.5. The normalized spacial score (nSPS) is 11.1. The molecule has 222 valence electrons. The fourth-order valence-electron chi connectivity index (χ4n) is 5.05. The number of aromatic nitrogens is 3. The van der Waals surface area contributed by atoms with Gasteiger partial charge in [-0.3, -0.25) is 14.0 Å². The van der Waals surface area contributed by atoms with Crippen molar-refractivity contribution in [2.75, 3.05) is 26.5 Å². The number of rotatable bonds is 11. The third kappa shape index (κ3) is 6.16. The Bertz CT molecular complexity index is 1980. The molecule has 10 heteroatoms. The summed E-state index contributed by atoms with van der Waals surface area (Å²) in [5.74, 6) is 1.20. The minimum absolute atomic E-state index is 0.107. The molecular formula is C34H31N5O4S. The van der Waals surface area contributed by atoms with Gasteiger partial charge >= 0.3 is 0 Å². The molecule has 6 rings (SSSR count). The maximum atomic E-state index is 13.0. The van der Waals surface area contributed by atoms with Crippen molar-refractivity contribution in [1.29, 1.82) is 0 Å². The van der Waals surface area contributed by atoms with Crippen molar-refractivity contribution in [2.45, 2.75) is 18.1 Å². The monoisotopic (exact) mass is 605 g/mol. The second-order valence-corrected chi connectivity index (χ2v) is 11.1. The maximum Gasteiger partial charge on any atom is 0.251 e. The summed E-state index contributed by atoms with van der Waals surface area (Å²) in [5, 5.41) is 7.42. The van der Waals surface area contributed by atoms with Crippen LogP contribution in [0.1, 0.15) is 21.5 Å². The molecule has 0 fully saturated rings. The lowest BCUT2D eigenvalue weighted by atomic mass is 10.1. The van der Waals surface area contributed by atoms with Gasteiger partial charge in [-0.05, 0) is 60.0 Å². The first-order valence-corrected chi connectivity index (χ1v) is 15.2. The first kappa shape index (κ1) is 29.0. The zero-order valence-corrected chi connectivity index (χ0v) is 25.2. The SMILES string of the molecule is COc1ccc(CCNC(=O)CSc2nc3cc(C(=O)NCc4ccccc4)ccc3c3nc4ccccc4n23)cc1OC. The lowest BCUT2D eigenvalue weighted by molar-refractivity contribution is -0.118. The Labute approximate surface area is 258 Å². The Hall–Kier alpha value is -5.09.